The van der Waals surface area contributed by atoms with E-state index in [2.05, 4.69) is 59.5 Å². The second kappa shape index (κ2) is 16.3. The summed E-state index contributed by atoms with van der Waals surface area (Å²) in [7, 11) is 0. The Bertz CT molecular complexity index is 1160. The fourth-order valence-electron chi connectivity index (χ4n) is 6.62. The molecule has 3 nitrogen and oxygen atoms in total. The standard InChI is InChI=1S/C37H49NO2S/c39-32-20-23-36-34(28-32)37(35(29-40-36)30-16-10-9-11-17-30)31-18-21-33(22-19-31)41-27-15-8-6-4-2-1-3-5-7-12-24-38-25-13-14-26-38/h9-11,16-23,28,35,37,39H,1-8,12-15,24-27,29H2/t35-,37-/m1/s1. The Morgan fingerprint density at radius 1 is 0.707 bits per heavy atom. The van der Waals surface area contributed by atoms with Crippen LogP contribution in [0.2, 0.25) is 0 Å². The monoisotopic (exact) mass is 571 g/mol. The molecule has 2 aliphatic heterocycles. The minimum absolute atomic E-state index is 0.155. The van der Waals surface area contributed by atoms with Crippen LogP contribution in [0.15, 0.2) is 77.7 Å². The molecule has 2 aliphatic rings. The van der Waals surface area contributed by atoms with E-state index in [1.54, 1.807) is 6.07 Å². The third-order valence-corrected chi connectivity index (χ3v) is 10.1. The van der Waals surface area contributed by atoms with Crippen LogP contribution >= 0.6 is 11.8 Å². The number of hydrogen-bond acceptors (Lipinski definition) is 4. The molecule has 2 heterocycles. The van der Waals surface area contributed by atoms with Crippen molar-refractivity contribution in [1.82, 2.24) is 4.90 Å². The number of rotatable bonds is 16. The summed E-state index contributed by atoms with van der Waals surface area (Å²) in [4.78, 5) is 3.99. The summed E-state index contributed by atoms with van der Waals surface area (Å²) in [6.07, 6.45) is 16.8. The highest BCUT2D eigenvalue weighted by molar-refractivity contribution is 7.99. The lowest BCUT2D eigenvalue weighted by Gasteiger charge is -2.34. The topological polar surface area (TPSA) is 32.7 Å². The zero-order valence-electron chi connectivity index (χ0n) is 24.8. The van der Waals surface area contributed by atoms with Crippen molar-refractivity contribution in [3.05, 3.63) is 89.5 Å². The quantitative estimate of drug-likeness (QED) is 0.137. The van der Waals surface area contributed by atoms with Gasteiger partial charge in [-0.2, -0.15) is 0 Å². The first-order valence-electron chi connectivity index (χ1n) is 16.2. The number of thioether (sulfide) groups is 1. The molecule has 5 rings (SSSR count). The molecule has 3 aromatic rings. The number of ether oxygens (including phenoxy) is 1. The predicted octanol–water partition coefficient (Wildman–Crippen LogP) is 9.79. The normalized spacial score (nSPS) is 18.7. The molecule has 41 heavy (non-hydrogen) atoms. The van der Waals surface area contributed by atoms with Crippen LogP contribution < -0.4 is 4.74 Å². The number of aromatic hydroxyl groups is 1. The average molecular weight is 572 g/mol. The minimum Gasteiger partial charge on any atom is -0.508 e. The van der Waals surface area contributed by atoms with Gasteiger partial charge < -0.3 is 14.7 Å². The van der Waals surface area contributed by atoms with Crippen molar-refractivity contribution < 1.29 is 9.84 Å². The number of hydrogen-bond donors (Lipinski definition) is 1. The molecule has 0 amide bonds. The van der Waals surface area contributed by atoms with Crippen molar-refractivity contribution in [3.63, 3.8) is 0 Å². The van der Waals surface area contributed by atoms with E-state index < -0.39 is 0 Å². The van der Waals surface area contributed by atoms with E-state index >= 15 is 0 Å². The van der Waals surface area contributed by atoms with Crippen molar-refractivity contribution in [2.75, 3.05) is 32.0 Å². The Hall–Kier alpha value is -2.43. The van der Waals surface area contributed by atoms with Crippen molar-refractivity contribution >= 4 is 11.8 Å². The van der Waals surface area contributed by atoms with Gasteiger partial charge in [-0.3, -0.25) is 0 Å². The van der Waals surface area contributed by atoms with E-state index in [0.717, 1.165) is 11.3 Å². The van der Waals surface area contributed by atoms with Gasteiger partial charge in [0.25, 0.3) is 0 Å². The Morgan fingerprint density at radius 2 is 1.37 bits per heavy atom. The first kappa shape index (κ1) is 30.0. The van der Waals surface area contributed by atoms with Gasteiger partial charge in [-0.1, -0.05) is 93.8 Å². The molecule has 0 bridgehead atoms. The van der Waals surface area contributed by atoms with Gasteiger partial charge in [0.05, 0.1) is 6.61 Å². The van der Waals surface area contributed by atoms with Crippen LogP contribution in [0.3, 0.4) is 0 Å². The van der Waals surface area contributed by atoms with Gasteiger partial charge in [0.1, 0.15) is 11.5 Å². The zero-order valence-corrected chi connectivity index (χ0v) is 25.6. The summed E-state index contributed by atoms with van der Waals surface area (Å²) < 4.78 is 6.15. The fourth-order valence-corrected chi connectivity index (χ4v) is 7.54. The smallest absolute Gasteiger partial charge is 0.123 e. The van der Waals surface area contributed by atoms with Crippen LogP contribution in [0, 0.1) is 0 Å². The van der Waals surface area contributed by atoms with Crippen LogP contribution in [-0.4, -0.2) is 42.0 Å². The summed E-state index contributed by atoms with van der Waals surface area (Å²) >= 11 is 1.98. The van der Waals surface area contributed by atoms with Crippen molar-refractivity contribution in [3.8, 4) is 11.5 Å². The highest BCUT2D eigenvalue weighted by Crippen LogP contribution is 2.47. The Labute approximate surface area is 252 Å². The third kappa shape index (κ3) is 9.03. The SMILES string of the molecule is Oc1ccc2c(c1)[C@@H](c1ccc(SCCCCCCCCCCCCN3CCCC3)cc1)[C@@H](c1ccccc1)CO2. The molecule has 0 spiro atoms. The summed E-state index contributed by atoms with van der Waals surface area (Å²) in [5.41, 5.74) is 3.63. The first-order chi connectivity index (χ1) is 20.3. The van der Waals surface area contributed by atoms with Gasteiger partial charge in [0.15, 0.2) is 0 Å². The van der Waals surface area contributed by atoms with Gasteiger partial charge >= 0.3 is 0 Å². The lowest BCUT2D eigenvalue weighted by atomic mass is 9.76. The number of nitrogens with zero attached hydrogens (tertiary/aromatic N) is 1. The number of benzene rings is 3. The van der Waals surface area contributed by atoms with Gasteiger partial charge in [-0.25, -0.2) is 0 Å². The Kier molecular flexibility index (Phi) is 11.9. The summed E-state index contributed by atoms with van der Waals surface area (Å²) in [5.74, 6) is 2.73. The maximum atomic E-state index is 10.3. The van der Waals surface area contributed by atoms with Crippen LogP contribution in [-0.2, 0) is 0 Å². The Morgan fingerprint density at radius 3 is 2.07 bits per heavy atom. The summed E-state index contributed by atoms with van der Waals surface area (Å²) in [6, 6.07) is 25.3. The average Bonchev–Trinajstić information content (AvgIpc) is 3.53. The molecule has 220 valence electrons. The largest absolute Gasteiger partial charge is 0.508 e. The molecule has 0 aromatic heterocycles. The molecule has 1 N–H and O–H groups in total. The molecule has 2 atom stereocenters. The van der Waals surface area contributed by atoms with E-state index in [4.69, 9.17) is 4.74 Å². The summed E-state index contributed by atoms with van der Waals surface area (Å²) in [5, 5.41) is 10.3. The first-order valence-corrected chi connectivity index (χ1v) is 17.2. The molecule has 4 heteroatoms. The van der Waals surface area contributed by atoms with E-state index in [1.807, 2.05) is 23.9 Å². The number of fused-ring (bicyclic) bond motifs is 1. The summed E-state index contributed by atoms with van der Waals surface area (Å²) in [6.45, 7) is 4.67. The number of phenolic OH excluding ortho intramolecular Hbond substituents is 1. The maximum Gasteiger partial charge on any atom is 0.123 e. The van der Waals surface area contributed by atoms with Crippen molar-refractivity contribution in [1.29, 1.82) is 0 Å². The lowest BCUT2D eigenvalue weighted by Crippen LogP contribution is -2.25. The van der Waals surface area contributed by atoms with Crippen LogP contribution in [0.5, 0.6) is 11.5 Å². The molecule has 1 fully saturated rings. The number of likely N-dealkylation sites (tertiary alicyclic amines) is 1. The molecular formula is C37H49NO2S. The maximum absolute atomic E-state index is 10.3. The molecule has 0 saturated carbocycles. The third-order valence-electron chi connectivity index (χ3n) is 8.95. The van der Waals surface area contributed by atoms with Crippen molar-refractivity contribution in [2.45, 2.75) is 93.8 Å². The van der Waals surface area contributed by atoms with E-state index in [1.165, 1.54) is 118 Å². The van der Waals surface area contributed by atoms with Crippen LogP contribution in [0.1, 0.15) is 106 Å². The number of unbranched alkanes of at least 4 members (excludes halogenated alkanes) is 9. The van der Waals surface area contributed by atoms with E-state index in [9.17, 15) is 5.11 Å². The molecule has 3 aromatic carbocycles. The minimum atomic E-state index is 0.155. The predicted molar refractivity (Wildman–Crippen MR) is 174 cm³/mol. The van der Waals surface area contributed by atoms with Crippen LogP contribution in [0.4, 0.5) is 0 Å². The second-order valence-electron chi connectivity index (χ2n) is 12.0. The molecular weight excluding hydrogens is 522 g/mol. The van der Waals surface area contributed by atoms with Gasteiger partial charge in [-0.05, 0) is 92.5 Å². The Balaban J connectivity index is 1.00. The fraction of sp³-hybridized carbons (Fsp3) is 0.514. The second-order valence-corrected chi connectivity index (χ2v) is 13.2. The van der Waals surface area contributed by atoms with Gasteiger partial charge in [-0.15, -0.1) is 11.8 Å². The molecule has 1 saturated heterocycles. The van der Waals surface area contributed by atoms with Crippen LogP contribution in [0.25, 0.3) is 0 Å². The molecule has 0 aliphatic carbocycles. The molecule has 0 radical (unpaired) electrons. The van der Waals surface area contributed by atoms with Crippen molar-refractivity contribution in [2.24, 2.45) is 0 Å². The molecule has 0 unspecified atom stereocenters. The number of phenols is 1. The highest BCUT2D eigenvalue weighted by atomic mass is 32.2. The lowest BCUT2D eigenvalue weighted by molar-refractivity contribution is 0.248. The van der Waals surface area contributed by atoms with Gasteiger partial charge in [0.2, 0.25) is 0 Å². The van der Waals surface area contributed by atoms with E-state index in [0.29, 0.717) is 12.4 Å². The van der Waals surface area contributed by atoms with Gasteiger partial charge in [0, 0.05) is 22.3 Å². The zero-order chi connectivity index (χ0) is 28.1. The highest BCUT2D eigenvalue weighted by Gasteiger charge is 2.33. The van der Waals surface area contributed by atoms with E-state index in [-0.39, 0.29) is 11.8 Å².